The molecule has 0 saturated heterocycles. The van der Waals surface area contributed by atoms with E-state index in [4.69, 9.17) is 0 Å². The maximum absolute atomic E-state index is 4.06. The minimum absolute atomic E-state index is 0.440. The van der Waals surface area contributed by atoms with E-state index >= 15 is 0 Å². The van der Waals surface area contributed by atoms with Crippen molar-refractivity contribution in [3.05, 3.63) is 30.1 Å². The molecule has 0 spiro atoms. The average molecular weight is 246 g/mol. The lowest BCUT2D eigenvalue weighted by atomic mass is 9.81. The van der Waals surface area contributed by atoms with Gasteiger partial charge >= 0.3 is 0 Å². The molecule has 1 fully saturated rings. The van der Waals surface area contributed by atoms with Crippen molar-refractivity contribution in [3.8, 4) is 0 Å². The molecule has 1 atom stereocenters. The van der Waals surface area contributed by atoms with Gasteiger partial charge in [-0.25, -0.2) is 0 Å². The molecule has 0 bridgehead atoms. The van der Waals surface area contributed by atoms with Crippen LogP contribution >= 0.6 is 0 Å². The summed E-state index contributed by atoms with van der Waals surface area (Å²) in [5, 5.41) is 3.63. The largest absolute Gasteiger partial charge is 0.310 e. The molecule has 1 saturated carbocycles. The summed E-state index contributed by atoms with van der Waals surface area (Å²) in [7, 11) is 0. The van der Waals surface area contributed by atoms with Gasteiger partial charge < -0.3 is 5.32 Å². The number of nitrogens with one attached hydrogen (secondary N) is 1. The van der Waals surface area contributed by atoms with Crippen molar-refractivity contribution in [1.82, 2.24) is 10.3 Å². The van der Waals surface area contributed by atoms with Crippen LogP contribution < -0.4 is 5.32 Å². The highest BCUT2D eigenvalue weighted by Crippen LogP contribution is 2.30. The standard InChI is InChI=1S/C16H26N2/c1-13-3-5-15(6-4-13)7-12-18-14(2)16-8-10-17-11-9-16/h8-11,13-15,18H,3-7,12H2,1-2H3. The van der Waals surface area contributed by atoms with Gasteiger partial charge in [0, 0.05) is 18.4 Å². The molecule has 2 rings (SSSR count). The van der Waals surface area contributed by atoms with Crippen LogP contribution in [0.25, 0.3) is 0 Å². The molecule has 0 radical (unpaired) electrons. The van der Waals surface area contributed by atoms with E-state index in [9.17, 15) is 0 Å². The number of aromatic nitrogens is 1. The van der Waals surface area contributed by atoms with E-state index in [1.807, 2.05) is 12.4 Å². The zero-order valence-corrected chi connectivity index (χ0v) is 11.7. The summed E-state index contributed by atoms with van der Waals surface area (Å²) in [4.78, 5) is 4.06. The van der Waals surface area contributed by atoms with E-state index in [1.54, 1.807) is 0 Å². The van der Waals surface area contributed by atoms with Gasteiger partial charge in [0.2, 0.25) is 0 Å². The molecule has 1 aliphatic rings. The Morgan fingerprint density at radius 3 is 2.56 bits per heavy atom. The maximum atomic E-state index is 4.06. The quantitative estimate of drug-likeness (QED) is 0.851. The number of pyridine rings is 1. The van der Waals surface area contributed by atoms with E-state index in [0.29, 0.717) is 6.04 Å². The van der Waals surface area contributed by atoms with Crippen LogP contribution in [0.15, 0.2) is 24.5 Å². The van der Waals surface area contributed by atoms with Crippen molar-refractivity contribution >= 4 is 0 Å². The van der Waals surface area contributed by atoms with Crippen LogP contribution in [0.1, 0.15) is 57.6 Å². The van der Waals surface area contributed by atoms with Crippen molar-refractivity contribution in [3.63, 3.8) is 0 Å². The maximum Gasteiger partial charge on any atom is 0.0292 e. The molecule has 0 aliphatic heterocycles. The highest BCUT2D eigenvalue weighted by atomic mass is 14.9. The van der Waals surface area contributed by atoms with Crippen LogP contribution in [-0.4, -0.2) is 11.5 Å². The van der Waals surface area contributed by atoms with Crippen LogP contribution in [0.5, 0.6) is 0 Å². The van der Waals surface area contributed by atoms with Gasteiger partial charge in [-0.1, -0.05) is 32.6 Å². The predicted molar refractivity (Wildman–Crippen MR) is 76.4 cm³/mol. The van der Waals surface area contributed by atoms with E-state index in [-0.39, 0.29) is 0 Å². The van der Waals surface area contributed by atoms with Crippen LogP contribution in [0.4, 0.5) is 0 Å². The molecule has 0 aromatic carbocycles. The SMILES string of the molecule is CC1CCC(CCNC(C)c2ccncc2)CC1. The Balaban J connectivity index is 1.66. The molecule has 1 N–H and O–H groups in total. The van der Waals surface area contributed by atoms with Crippen molar-refractivity contribution in [2.24, 2.45) is 11.8 Å². The Morgan fingerprint density at radius 1 is 1.22 bits per heavy atom. The monoisotopic (exact) mass is 246 g/mol. The van der Waals surface area contributed by atoms with Gasteiger partial charge in [0.05, 0.1) is 0 Å². The van der Waals surface area contributed by atoms with Crippen molar-refractivity contribution in [2.75, 3.05) is 6.54 Å². The van der Waals surface area contributed by atoms with Gasteiger partial charge in [-0.05, 0) is 49.4 Å². The highest BCUT2D eigenvalue weighted by molar-refractivity contribution is 5.13. The van der Waals surface area contributed by atoms with Gasteiger partial charge in [-0.3, -0.25) is 4.98 Å². The summed E-state index contributed by atoms with van der Waals surface area (Å²) >= 11 is 0. The summed E-state index contributed by atoms with van der Waals surface area (Å²) in [5.74, 6) is 1.92. The van der Waals surface area contributed by atoms with Gasteiger partial charge in [0.1, 0.15) is 0 Å². The van der Waals surface area contributed by atoms with Gasteiger partial charge in [0.15, 0.2) is 0 Å². The second kappa shape index (κ2) is 6.89. The first-order valence-electron chi connectivity index (χ1n) is 7.39. The van der Waals surface area contributed by atoms with E-state index in [0.717, 1.165) is 18.4 Å². The Morgan fingerprint density at radius 2 is 1.89 bits per heavy atom. The minimum Gasteiger partial charge on any atom is -0.310 e. The molecular formula is C16H26N2. The molecule has 2 nitrogen and oxygen atoms in total. The molecule has 1 unspecified atom stereocenters. The predicted octanol–water partition coefficient (Wildman–Crippen LogP) is 3.95. The number of hydrogen-bond acceptors (Lipinski definition) is 2. The third kappa shape index (κ3) is 4.09. The lowest BCUT2D eigenvalue weighted by Crippen LogP contribution is -2.23. The molecule has 1 aromatic rings. The molecular weight excluding hydrogens is 220 g/mol. The van der Waals surface area contributed by atoms with Crippen molar-refractivity contribution in [1.29, 1.82) is 0 Å². The Hall–Kier alpha value is -0.890. The zero-order valence-electron chi connectivity index (χ0n) is 11.7. The molecule has 0 amide bonds. The number of nitrogens with zero attached hydrogens (tertiary/aromatic N) is 1. The molecule has 1 aromatic heterocycles. The average Bonchev–Trinajstić information content (AvgIpc) is 2.42. The fraction of sp³-hybridized carbons (Fsp3) is 0.688. The first-order valence-corrected chi connectivity index (χ1v) is 7.39. The fourth-order valence-corrected chi connectivity index (χ4v) is 2.89. The Kier molecular flexibility index (Phi) is 5.18. The zero-order chi connectivity index (χ0) is 12.8. The third-order valence-corrected chi connectivity index (χ3v) is 4.34. The summed E-state index contributed by atoms with van der Waals surface area (Å²) < 4.78 is 0. The van der Waals surface area contributed by atoms with Gasteiger partial charge in [-0.2, -0.15) is 0 Å². The smallest absolute Gasteiger partial charge is 0.0292 e. The van der Waals surface area contributed by atoms with Crippen LogP contribution in [0, 0.1) is 11.8 Å². The first-order chi connectivity index (χ1) is 8.75. The summed E-state index contributed by atoms with van der Waals surface area (Å²) in [5.41, 5.74) is 1.34. The molecule has 18 heavy (non-hydrogen) atoms. The van der Waals surface area contributed by atoms with E-state index in [2.05, 4.69) is 36.3 Å². The topological polar surface area (TPSA) is 24.9 Å². The minimum atomic E-state index is 0.440. The van der Waals surface area contributed by atoms with Crippen molar-refractivity contribution in [2.45, 2.75) is 52.0 Å². The van der Waals surface area contributed by atoms with Crippen LogP contribution in [-0.2, 0) is 0 Å². The van der Waals surface area contributed by atoms with Gasteiger partial charge in [0.25, 0.3) is 0 Å². The highest BCUT2D eigenvalue weighted by Gasteiger charge is 2.17. The molecule has 1 heterocycles. The number of hydrogen-bond donors (Lipinski definition) is 1. The van der Waals surface area contributed by atoms with E-state index in [1.165, 1.54) is 37.7 Å². The summed E-state index contributed by atoms with van der Waals surface area (Å²) in [6.45, 7) is 5.76. The molecule has 100 valence electrons. The first kappa shape index (κ1) is 13.5. The van der Waals surface area contributed by atoms with Crippen LogP contribution in [0.3, 0.4) is 0 Å². The number of rotatable bonds is 5. The Labute approximate surface area is 111 Å². The molecule has 2 heteroatoms. The summed E-state index contributed by atoms with van der Waals surface area (Å²) in [6.07, 6.45) is 10.8. The third-order valence-electron chi connectivity index (χ3n) is 4.34. The lowest BCUT2D eigenvalue weighted by molar-refractivity contribution is 0.273. The van der Waals surface area contributed by atoms with Crippen LogP contribution in [0.2, 0.25) is 0 Å². The second-order valence-corrected chi connectivity index (χ2v) is 5.87. The lowest BCUT2D eigenvalue weighted by Gasteiger charge is -2.26. The normalized spacial score (nSPS) is 25.9. The fourth-order valence-electron chi connectivity index (χ4n) is 2.89. The van der Waals surface area contributed by atoms with E-state index < -0.39 is 0 Å². The van der Waals surface area contributed by atoms with Gasteiger partial charge in [-0.15, -0.1) is 0 Å². The molecule has 1 aliphatic carbocycles. The Bertz CT molecular complexity index is 328. The second-order valence-electron chi connectivity index (χ2n) is 5.87. The summed E-state index contributed by atoms with van der Waals surface area (Å²) in [6, 6.07) is 4.63. The van der Waals surface area contributed by atoms with Crippen molar-refractivity contribution < 1.29 is 0 Å².